The first-order valence-corrected chi connectivity index (χ1v) is 8.98. The molecule has 2 aromatic rings. The standard InChI is InChI=1S/C20H15N3O5/c24-19-17-12-1-2-13(9-12)18(17)20(25)22(19)21-10-15-7-8-16(28-15)11-3-5-14(6-4-11)23(26)27/h1-8,10,12-13,17-18H,9H2/t12-,13-,17-,18+/m0/s1. The van der Waals surface area contributed by atoms with Gasteiger partial charge in [0.05, 0.1) is 23.0 Å². The minimum absolute atomic E-state index is 0.00263. The van der Waals surface area contributed by atoms with E-state index in [1.54, 1.807) is 24.3 Å². The van der Waals surface area contributed by atoms with Crippen LogP contribution in [0.25, 0.3) is 11.3 Å². The number of nitro groups is 1. The molecule has 1 saturated carbocycles. The largest absolute Gasteiger partial charge is 0.455 e. The van der Waals surface area contributed by atoms with Crippen LogP contribution in [0.1, 0.15) is 12.2 Å². The number of benzene rings is 1. The number of carbonyl (C=O) groups is 2. The topological polar surface area (TPSA) is 106 Å². The number of nitrogens with zero attached hydrogens (tertiary/aromatic N) is 3. The summed E-state index contributed by atoms with van der Waals surface area (Å²) in [7, 11) is 0. The van der Waals surface area contributed by atoms with Crippen molar-refractivity contribution in [3.8, 4) is 11.3 Å². The van der Waals surface area contributed by atoms with Gasteiger partial charge in [-0.3, -0.25) is 19.7 Å². The number of allylic oxidation sites excluding steroid dienone is 2. The number of carbonyl (C=O) groups excluding carboxylic acids is 2. The number of amides is 2. The fourth-order valence-electron chi connectivity index (χ4n) is 4.44. The van der Waals surface area contributed by atoms with E-state index in [9.17, 15) is 19.7 Å². The Kier molecular flexibility index (Phi) is 3.55. The van der Waals surface area contributed by atoms with Gasteiger partial charge in [-0.15, -0.1) is 0 Å². The monoisotopic (exact) mass is 377 g/mol. The van der Waals surface area contributed by atoms with Crippen LogP contribution in [0.4, 0.5) is 5.69 Å². The highest BCUT2D eigenvalue weighted by atomic mass is 16.6. The highest BCUT2D eigenvalue weighted by Gasteiger charge is 2.59. The third-order valence-electron chi connectivity index (χ3n) is 5.74. The van der Waals surface area contributed by atoms with Crippen LogP contribution in [-0.4, -0.2) is 28.0 Å². The normalized spacial score (nSPS) is 27.9. The molecule has 3 aliphatic rings. The fraction of sp³-hybridized carbons (Fsp3) is 0.250. The van der Waals surface area contributed by atoms with Crippen molar-refractivity contribution in [1.29, 1.82) is 0 Å². The van der Waals surface area contributed by atoms with Gasteiger partial charge >= 0.3 is 0 Å². The number of hydrogen-bond acceptors (Lipinski definition) is 6. The summed E-state index contributed by atoms with van der Waals surface area (Å²) in [5, 5.41) is 15.8. The molecular weight excluding hydrogens is 362 g/mol. The molecule has 0 radical (unpaired) electrons. The van der Waals surface area contributed by atoms with E-state index in [0.717, 1.165) is 11.4 Å². The molecule has 2 bridgehead atoms. The lowest BCUT2D eigenvalue weighted by Crippen LogP contribution is -2.28. The van der Waals surface area contributed by atoms with Crippen molar-refractivity contribution in [2.45, 2.75) is 6.42 Å². The lowest BCUT2D eigenvalue weighted by atomic mass is 9.85. The lowest BCUT2D eigenvalue weighted by molar-refractivity contribution is -0.384. The Bertz CT molecular complexity index is 1020. The molecule has 2 aliphatic carbocycles. The van der Waals surface area contributed by atoms with Crippen molar-refractivity contribution in [2.75, 3.05) is 0 Å². The molecule has 4 atom stereocenters. The Hall–Kier alpha value is -3.55. The molecule has 140 valence electrons. The van der Waals surface area contributed by atoms with Crippen molar-refractivity contribution in [1.82, 2.24) is 5.01 Å². The van der Waals surface area contributed by atoms with Crippen LogP contribution in [0, 0.1) is 33.8 Å². The number of non-ortho nitro benzene ring substituents is 1. The van der Waals surface area contributed by atoms with Gasteiger partial charge in [0.1, 0.15) is 11.5 Å². The average molecular weight is 377 g/mol. The second kappa shape index (κ2) is 5.98. The zero-order valence-corrected chi connectivity index (χ0v) is 14.6. The molecule has 8 heteroatoms. The van der Waals surface area contributed by atoms with Gasteiger partial charge in [-0.2, -0.15) is 10.1 Å². The van der Waals surface area contributed by atoms with E-state index in [0.29, 0.717) is 17.1 Å². The summed E-state index contributed by atoms with van der Waals surface area (Å²) in [6.07, 6.45) is 6.29. The third-order valence-corrected chi connectivity index (χ3v) is 5.74. The number of nitro benzene ring substituents is 1. The maximum Gasteiger partial charge on any atom is 0.269 e. The van der Waals surface area contributed by atoms with Gasteiger partial charge in [-0.05, 0) is 42.5 Å². The van der Waals surface area contributed by atoms with Crippen molar-refractivity contribution in [2.24, 2.45) is 28.8 Å². The van der Waals surface area contributed by atoms with Gasteiger partial charge in [0.2, 0.25) is 0 Å². The number of furan rings is 1. The first-order chi connectivity index (χ1) is 13.5. The van der Waals surface area contributed by atoms with Crippen LogP contribution in [0.5, 0.6) is 0 Å². The molecule has 0 spiro atoms. The number of imide groups is 1. The average Bonchev–Trinajstić information content (AvgIpc) is 3.46. The number of hydrazone groups is 1. The lowest BCUT2D eigenvalue weighted by Gasteiger charge is -2.13. The highest BCUT2D eigenvalue weighted by Crippen LogP contribution is 2.52. The molecule has 2 heterocycles. The maximum atomic E-state index is 12.6. The maximum absolute atomic E-state index is 12.6. The van der Waals surface area contributed by atoms with Crippen LogP contribution in [-0.2, 0) is 9.59 Å². The summed E-state index contributed by atoms with van der Waals surface area (Å²) >= 11 is 0. The van der Waals surface area contributed by atoms with Gasteiger partial charge in [-0.25, -0.2) is 0 Å². The summed E-state index contributed by atoms with van der Waals surface area (Å²) < 4.78 is 5.67. The SMILES string of the molecule is O=C1[C@@H]2[C@H](C(=O)N1N=Cc1ccc(-c3ccc([N+](=O)[O-])cc3)o1)[C@H]1C=C[C@H]2C1. The second-order valence-corrected chi connectivity index (χ2v) is 7.24. The molecule has 1 saturated heterocycles. The zero-order valence-electron chi connectivity index (χ0n) is 14.6. The molecule has 0 unspecified atom stereocenters. The third kappa shape index (κ3) is 2.41. The van der Waals surface area contributed by atoms with Gasteiger partial charge in [-0.1, -0.05) is 12.2 Å². The predicted molar refractivity (Wildman–Crippen MR) is 98.0 cm³/mol. The van der Waals surface area contributed by atoms with Crippen LogP contribution in [0.3, 0.4) is 0 Å². The van der Waals surface area contributed by atoms with E-state index < -0.39 is 4.92 Å². The van der Waals surface area contributed by atoms with Crippen molar-refractivity contribution < 1.29 is 18.9 Å². The number of rotatable bonds is 4. The number of hydrogen-bond donors (Lipinski definition) is 0. The van der Waals surface area contributed by atoms with E-state index in [-0.39, 0.29) is 41.2 Å². The van der Waals surface area contributed by atoms with E-state index in [4.69, 9.17) is 4.42 Å². The molecule has 0 N–H and O–H groups in total. The van der Waals surface area contributed by atoms with Gasteiger partial charge in [0.15, 0.2) is 0 Å². The smallest absolute Gasteiger partial charge is 0.269 e. The molecule has 2 fully saturated rings. The summed E-state index contributed by atoms with van der Waals surface area (Å²) in [6, 6.07) is 9.35. The van der Waals surface area contributed by atoms with Crippen LogP contribution < -0.4 is 0 Å². The minimum Gasteiger partial charge on any atom is -0.455 e. The molecule has 2 amide bonds. The molecular formula is C20H15N3O5. The summed E-state index contributed by atoms with van der Waals surface area (Å²) in [6.45, 7) is 0. The van der Waals surface area contributed by atoms with E-state index in [1.807, 2.05) is 12.2 Å². The summed E-state index contributed by atoms with van der Waals surface area (Å²) in [5.41, 5.74) is 0.674. The van der Waals surface area contributed by atoms with Crippen molar-refractivity contribution in [3.05, 3.63) is 64.4 Å². The van der Waals surface area contributed by atoms with Crippen LogP contribution in [0.15, 0.2) is 58.1 Å². The van der Waals surface area contributed by atoms with E-state index in [1.165, 1.54) is 18.3 Å². The predicted octanol–water partition coefficient (Wildman–Crippen LogP) is 3.00. The Morgan fingerprint density at radius 1 is 1.04 bits per heavy atom. The zero-order chi connectivity index (χ0) is 19.4. The quantitative estimate of drug-likeness (QED) is 0.268. The van der Waals surface area contributed by atoms with E-state index >= 15 is 0 Å². The van der Waals surface area contributed by atoms with Gasteiger partial charge in [0.25, 0.3) is 17.5 Å². The second-order valence-electron chi connectivity index (χ2n) is 7.24. The Labute approximate surface area is 159 Å². The molecule has 8 nitrogen and oxygen atoms in total. The Morgan fingerprint density at radius 2 is 1.68 bits per heavy atom. The van der Waals surface area contributed by atoms with E-state index in [2.05, 4.69) is 5.10 Å². The summed E-state index contributed by atoms with van der Waals surface area (Å²) in [4.78, 5) is 35.5. The van der Waals surface area contributed by atoms with Gasteiger partial charge in [0, 0.05) is 17.7 Å². The fourth-order valence-corrected chi connectivity index (χ4v) is 4.44. The number of fused-ring (bicyclic) bond motifs is 5. The van der Waals surface area contributed by atoms with Crippen molar-refractivity contribution in [3.63, 3.8) is 0 Å². The Morgan fingerprint density at radius 3 is 2.29 bits per heavy atom. The molecule has 28 heavy (non-hydrogen) atoms. The van der Waals surface area contributed by atoms with Gasteiger partial charge < -0.3 is 4.42 Å². The molecule has 1 aromatic carbocycles. The Balaban J connectivity index is 1.33. The van der Waals surface area contributed by atoms with Crippen LogP contribution in [0.2, 0.25) is 0 Å². The molecule has 1 aromatic heterocycles. The molecule has 1 aliphatic heterocycles. The minimum atomic E-state index is -0.467. The first kappa shape index (κ1) is 16.6. The summed E-state index contributed by atoms with van der Waals surface area (Å²) in [5.74, 6) is 0.115. The highest BCUT2D eigenvalue weighted by molar-refractivity contribution is 6.06. The van der Waals surface area contributed by atoms with Crippen LogP contribution >= 0.6 is 0 Å². The van der Waals surface area contributed by atoms with Crippen molar-refractivity contribution >= 4 is 23.7 Å². The molecule has 5 rings (SSSR count). The first-order valence-electron chi connectivity index (χ1n) is 8.98.